The zero-order valence-corrected chi connectivity index (χ0v) is 17.4. The van der Waals surface area contributed by atoms with Crippen molar-refractivity contribution in [2.45, 2.75) is 0 Å². The molecule has 0 bridgehead atoms. The zero-order valence-electron chi connectivity index (χ0n) is 13.6. The molecular weight excluding hydrogens is 469 g/mol. The summed E-state index contributed by atoms with van der Waals surface area (Å²) < 4.78 is 10.9. The molecule has 3 aromatic carbocycles. The van der Waals surface area contributed by atoms with Gasteiger partial charge in [0.25, 0.3) is 0 Å². The van der Waals surface area contributed by atoms with E-state index in [0.29, 0.717) is 0 Å². The topological polar surface area (TPSA) is 21.6 Å². The van der Waals surface area contributed by atoms with E-state index in [-0.39, 0.29) is 0 Å². The van der Waals surface area contributed by atoms with Crippen molar-refractivity contribution in [3.8, 4) is 5.75 Å². The molecule has 0 unspecified atom stereocenters. The Morgan fingerprint density at radius 1 is 0.760 bits per heavy atom. The molecule has 0 spiro atoms. The van der Waals surface area contributed by atoms with Gasteiger partial charge in [-0.15, -0.1) is 0 Å². The summed E-state index contributed by atoms with van der Waals surface area (Å²) in [6, 6.07) is 27.5. The summed E-state index contributed by atoms with van der Waals surface area (Å²) in [5.41, 5.74) is 2.82. The van der Waals surface area contributed by atoms with Crippen molar-refractivity contribution in [1.82, 2.24) is 0 Å². The molecule has 0 aliphatic rings. The van der Waals surface area contributed by atoms with Gasteiger partial charge in [0.1, 0.15) is 0 Å². The number of hydrogen-bond acceptors (Lipinski definition) is 2. The molecule has 128 valence electrons. The Bertz CT molecular complexity index is 808. The fourth-order valence-electron chi connectivity index (χ4n) is 2.37. The van der Waals surface area contributed by atoms with Crippen LogP contribution in [0.2, 0.25) is 0 Å². The fraction of sp³-hybridized carbons (Fsp3) is 0.0500. The molecule has 0 saturated carbocycles. The van der Waals surface area contributed by atoms with Crippen LogP contribution in [0.5, 0.6) is 5.75 Å². The molecule has 0 fully saturated rings. The van der Waals surface area contributed by atoms with Crippen molar-refractivity contribution in [1.29, 1.82) is 0 Å². The summed E-state index contributed by atoms with van der Waals surface area (Å²) in [7, 11) is 15.2. The van der Waals surface area contributed by atoms with Crippen LogP contribution in [-0.4, -0.2) is 29.0 Å². The molecule has 5 heteroatoms. The Labute approximate surface area is 159 Å². The monoisotopic (exact) mass is 487 g/mol. The van der Waals surface area contributed by atoms with Crippen LogP contribution in [0.1, 0.15) is 11.1 Å². The van der Waals surface area contributed by atoms with Crippen molar-refractivity contribution >= 4 is 43.5 Å². The van der Waals surface area contributed by atoms with E-state index < -0.39 is 16.2 Å². The van der Waals surface area contributed by atoms with Gasteiger partial charge in [0, 0.05) is 0 Å². The van der Waals surface area contributed by atoms with Crippen LogP contribution in [-0.2, 0) is 0 Å². The van der Waals surface area contributed by atoms with Gasteiger partial charge in [-0.05, 0) is 0 Å². The van der Waals surface area contributed by atoms with Crippen molar-refractivity contribution in [3.63, 3.8) is 0 Å². The predicted octanol–water partition coefficient (Wildman–Crippen LogP) is 4.86. The van der Waals surface area contributed by atoms with Crippen molar-refractivity contribution < 1.29 is 4.74 Å². The first-order chi connectivity index (χ1) is 12.1. The second-order valence-electron chi connectivity index (χ2n) is 5.29. The molecule has 0 heterocycles. The van der Waals surface area contributed by atoms with E-state index >= 15 is 0 Å². The number of benzene rings is 3. The van der Waals surface area contributed by atoms with Crippen LogP contribution in [0.4, 0.5) is 0 Å². The predicted molar refractivity (Wildman–Crippen MR) is 109 cm³/mol. The van der Waals surface area contributed by atoms with E-state index in [2.05, 4.69) is 0 Å². The van der Waals surface area contributed by atoms with Crippen molar-refractivity contribution in [2.75, 3.05) is 7.11 Å². The standard InChI is InChI=1S/C20H17Cl2NOTe/c1-24-18-12-14-19(15-13-18)25(21,22)23-20(16-8-4-2-5-9-16)17-10-6-3-7-11-17/h2-15H,1H3. The van der Waals surface area contributed by atoms with Crippen LogP contribution < -0.4 is 8.35 Å². The number of halogens is 2. The summed E-state index contributed by atoms with van der Waals surface area (Å²) in [4.78, 5) is 0. The molecule has 0 atom stereocenters. The third kappa shape index (κ3) is 4.57. The quantitative estimate of drug-likeness (QED) is 0.374. The average molecular weight is 486 g/mol. The van der Waals surface area contributed by atoms with E-state index in [1.807, 2.05) is 84.9 Å². The number of nitrogens with zero attached hydrogens (tertiary/aromatic N) is 1. The minimum atomic E-state index is -3.68. The Hall–Kier alpha value is -1.50. The maximum absolute atomic E-state index is 6.78. The van der Waals surface area contributed by atoms with Crippen LogP contribution in [0, 0.1) is 0 Å². The summed E-state index contributed by atoms with van der Waals surface area (Å²) in [5, 5.41) is 0. The van der Waals surface area contributed by atoms with E-state index in [0.717, 1.165) is 26.2 Å². The molecule has 0 radical (unpaired) electrons. The van der Waals surface area contributed by atoms with E-state index in [1.165, 1.54) is 0 Å². The van der Waals surface area contributed by atoms with Gasteiger partial charge in [0.05, 0.1) is 0 Å². The van der Waals surface area contributed by atoms with E-state index in [9.17, 15) is 0 Å². The Kier molecular flexibility index (Phi) is 6.04. The van der Waals surface area contributed by atoms with Gasteiger partial charge >= 0.3 is 160 Å². The van der Waals surface area contributed by atoms with E-state index in [1.54, 1.807) is 7.11 Å². The van der Waals surface area contributed by atoms with E-state index in [4.69, 9.17) is 25.9 Å². The third-order valence-electron chi connectivity index (χ3n) is 3.64. The van der Waals surface area contributed by atoms with Gasteiger partial charge < -0.3 is 0 Å². The van der Waals surface area contributed by atoms with Crippen molar-refractivity contribution in [3.05, 3.63) is 96.1 Å². The number of ether oxygens (including phenoxy) is 1. The first-order valence-corrected chi connectivity index (χ1v) is 15.8. The van der Waals surface area contributed by atoms with Gasteiger partial charge in [-0.2, -0.15) is 0 Å². The summed E-state index contributed by atoms with van der Waals surface area (Å²) in [5.74, 6) is 0.769. The summed E-state index contributed by atoms with van der Waals surface area (Å²) >= 11 is -3.68. The fourth-order valence-corrected chi connectivity index (χ4v) is 7.56. The molecule has 25 heavy (non-hydrogen) atoms. The Morgan fingerprint density at radius 2 is 1.24 bits per heavy atom. The first-order valence-electron chi connectivity index (χ1n) is 7.67. The summed E-state index contributed by atoms with van der Waals surface area (Å²) in [6.07, 6.45) is 0. The molecule has 0 aliphatic heterocycles. The maximum atomic E-state index is 6.78. The van der Waals surface area contributed by atoms with Crippen LogP contribution in [0.3, 0.4) is 0 Å². The zero-order chi connectivity index (χ0) is 17.7. The number of hydrogen-bond donors (Lipinski definition) is 0. The van der Waals surface area contributed by atoms with Gasteiger partial charge in [0.15, 0.2) is 0 Å². The molecule has 2 nitrogen and oxygen atoms in total. The van der Waals surface area contributed by atoms with Gasteiger partial charge in [0.2, 0.25) is 0 Å². The van der Waals surface area contributed by atoms with Gasteiger partial charge in [-0.1, -0.05) is 0 Å². The van der Waals surface area contributed by atoms with Crippen LogP contribution >= 0.6 is 17.9 Å². The normalized spacial score (nSPS) is 11.6. The summed E-state index contributed by atoms with van der Waals surface area (Å²) in [6.45, 7) is 0. The molecule has 0 amide bonds. The third-order valence-corrected chi connectivity index (χ3v) is 10.5. The van der Waals surface area contributed by atoms with Gasteiger partial charge in [-0.25, -0.2) is 0 Å². The second kappa shape index (κ2) is 8.25. The Morgan fingerprint density at radius 3 is 1.68 bits per heavy atom. The minimum absolute atomic E-state index is 0.769. The SMILES string of the molecule is COc1ccc([Te](Cl)(Cl)N=C(c2ccccc2)c2ccccc2)cc1. The first kappa shape index (κ1) is 18.3. The molecule has 3 aromatic rings. The molecule has 0 N–H and O–H groups in total. The Balaban J connectivity index is 2.08. The molecule has 3 rings (SSSR count). The molecule has 0 aliphatic carbocycles. The number of methoxy groups -OCH3 is 1. The number of rotatable bonds is 5. The second-order valence-corrected chi connectivity index (χ2v) is 16.7. The van der Waals surface area contributed by atoms with Gasteiger partial charge in [-0.3, -0.25) is 0 Å². The van der Waals surface area contributed by atoms with Crippen LogP contribution in [0.15, 0.2) is 88.2 Å². The van der Waals surface area contributed by atoms with Crippen molar-refractivity contribution in [2.24, 2.45) is 3.24 Å². The molecular formula is C20H17Cl2NOTe. The average Bonchev–Trinajstić information content (AvgIpc) is 2.67. The van der Waals surface area contributed by atoms with Crippen LogP contribution in [0.25, 0.3) is 0 Å². The molecule has 0 saturated heterocycles. The molecule has 0 aromatic heterocycles.